The molecule has 0 saturated heterocycles. The monoisotopic (exact) mass is 217 g/mol. The van der Waals surface area contributed by atoms with Gasteiger partial charge >= 0.3 is 0 Å². The molecule has 2 N–H and O–H groups in total. The van der Waals surface area contributed by atoms with Crippen molar-refractivity contribution in [2.24, 2.45) is 5.73 Å². The van der Waals surface area contributed by atoms with Gasteiger partial charge in [0.05, 0.1) is 18.8 Å². The van der Waals surface area contributed by atoms with Crippen LogP contribution in [0.15, 0.2) is 18.2 Å². The normalized spacial score (nSPS) is 25.1. The molecule has 0 amide bonds. The van der Waals surface area contributed by atoms with E-state index in [1.807, 2.05) is 6.92 Å². The van der Waals surface area contributed by atoms with E-state index in [4.69, 9.17) is 10.5 Å². The van der Waals surface area contributed by atoms with Crippen LogP contribution in [0.5, 0.6) is 0 Å². The Balaban J connectivity index is 0.000000980. The lowest BCUT2D eigenvalue weighted by Crippen LogP contribution is -2.25. The van der Waals surface area contributed by atoms with Crippen molar-refractivity contribution >= 4 is 12.4 Å². The van der Waals surface area contributed by atoms with Gasteiger partial charge in [0.15, 0.2) is 0 Å². The molecule has 0 aromatic heterocycles. The van der Waals surface area contributed by atoms with Crippen LogP contribution in [0, 0.1) is 5.82 Å². The van der Waals surface area contributed by atoms with Crippen LogP contribution in [0.1, 0.15) is 30.2 Å². The van der Waals surface area contributed by atoms with Gasteiger partial charge in [-0.15, -0.1) is 12.4 Å². The van der Waals surface area contributed by atoms with E-state index in [1.165, 1.54) is 12.1 Å². The van der Waals surface area contributed by atoms with Gasteiger partial charge in [-0.1, -0.05) is 6.07 Å². The number of nitrogens with two attached hydrogens (primary N) is 1. The third kappa shape index (κ3) is 1.90. The molecule has 0 bridgehead atoms. The first-order chi connectivity index (χ1) is 6.18. The number of halogens is 2. The lowest BCUT2D eigenvalue weighted by molar-refractivity contribution is 0.0406. The lowest BCUT2D eigenvalue weighted by atomic mass is 9.95. The molecule has 0 radical (unpaired) electrons. The number of benzene rings is 1. The average molecular weight is 218 g/mol. The fraction of sp³-hybridized carbons (Fsp3) is 0.400. The summed E-state index contributed by atoms with van der Waals surface area (Å²) in [6, 6.07) is 4.49. The third-order valence-electron chi connectivity index (χ3n) is 2.41. The number of rotatable bonds is 0. The summed E-state index contributed by atoms with van der Waals surface area (Å²) in [4.78, 5) is 0. The molecule has 1 aromatic carbocycles. The maximum atomic E-state index is 12.9. The fourth-order valence-corrected chi connectivity index (χ4v) is 1.66. The first kappa shape index (κ1) is 11.4. The van der Waals surface area contributed by atoms with Gasteiger partial charge in [0.2, 0.25) is 0 Å². The van der Waals surface area contributed by atoms with Gasteiger partial charge < -0.3 is 10.5 Å². The predicted octanol–water partition coefficient (Wildman–Crippen LogP) is 2.34. The highest BCUT2D eigenvalue weighted by Crippen LogP contribution is 2.31. The van der Waals surface area contributed by atoms with Gasteiger partial charge in [0.25, 0.3) is 0 Å². The minimum absolute atomic E-state index is 0. The smallest absolute Gasteiger partial charge is 0.123 e. The average Bonchev–Trinajstić information content (AvgIpc) is 2.12. The Morgan fingerprint density at radius 3 is 2.86 bits per heavy atom. The second-order valence-corrected chi connectivity index (χ2v) is 3.36. The molecule has 4 heteroatoms. The van der Waals surface area contributed by atoms with Crippen molar-refractivity contribution in [3.8, 4) is 0 Å². The van der Waals surface area contributed by atoms with Crippen LogP contribution in [-0.2, 0) is 4.74 Å². The van der Waals surface area contributed by atoms with E-state index in [0.717, 1.165) is 11.1 Å². The molecule has 0 fully saturated rings. The zero-order valence-electron chi connectivity index (χ0n) is 7.87. The molecule has 2 atom stereocenters. The van der Waals surface area contributed by atoms with Crippen molar-refractivity contribution in [3.63, 3.8) is 0 Å². The highest BCUT2D eigenvalue weighted by Gasteiger charge is 2.22. The second kappa shape index (κ2) is 4.26. The molecular weight excluding hydrogens is 205 g/mol. The molecule has 1 heterocycles. The van der Waals surface area contributed by atoms with Crippen molar-refractivity contribution in [1.82, 2.24) is 0 Å². The van der Waals surface area contributed by atoms with E-state index in [1.54, 1.807) is 6.07 Å². The molecular formula is C10H13ClFNO. The zero-order valence-corrected chi connectivity index (χ0v) is 8.68. The molecule has 2 nitrogen and oxygen atoms in total. The summed E-state index contributed by atoms with van der Waals surface area (Å²) < 4.78 is 18.3. The summed E-state index contributed by atoms with van der Waals surface area (Å²) in [5.74, 6) is -0.233. The number of hydrogen-bond donors (Lipinski definition) is 1. The summed E-state index contributed by atoms with van der Waals surface area (Å²) in [5, 5.41) is 0. The Kier molecular flexibility index (Phi) is 3.48. The molecule has 0 saturated carbocycles. The Hall–Kier alpha value is -0.640. The Morgan fingerprint density at radius 2 is 2.14 bits per heavy atom. The number of fused-ring (bicyclic) bond motifs is 1. The molecule has 2 rings (SSSR count). The molecule has 0 spiro atoms. The Labute approximate surface area is 88.7 Å². The van der Waals surface area contributed by atoms with Crippen molar-refractivity contribution < 1.29 is 9.13 Å². The first-order valence-corrected chi connectivity index (χ1v) is 4.35. The van der Waals surface area contributed by atoms with Crippen molar-refractivity contribution in [1.29, 1.82) is 0 Å². The minimum Gasteiger partial charge on any atom is -0.372 e. The van der Waals surface area contributed by atoms with Gasteiger partial charge in [0.1, 0.15) is 5.82 Å². The third-order valence-corrected chi connectivity index (χ3v) is 2.41. The highest BCUT2D eigenvalue weighted by atomic mass is 35.5. The standard InChI is InChI=1S/C10H12FNO.ClH/c1-6-8-3-2-7(11)4-9(8)10(12)5-13-6;/h2-4,6,10H,5,12H2,1H3;1H/t6-,10-;/m1./s1. The maximum Gasteiger partial charge on any atom is 0.123 e. The molecule has 1 aliphatic rings. The van der Waals surface area contributed by atoms with Crippen LogP contribution < -0.4 is 5.73 Å². The van der Waals surface area contributed by atoms with Crippen molar-refractivity contribution in [2.75, 3.05) is 6.61 Å². The van der Waals surface area contributed by atoms with Gasteiger partial charge in [-0.3, -0.25) is 0 Å². The van der Waals surface area contributed by atoms with Gasteiger partial charge in [0, 0.05) is 0 Å². The molecule has 1 aliphatic heterocycles. The van der Waals surface area contributed by atoms with Crippen LogP contribution >= 0.6 is 12.4 Å². The number of hydrogen-bond acceptors (Lipinski definition) is 2. The highest BCUT2D eigenvalue weighted by molar-refractivity contribution is 5.85. The van der Waals surface area contributed by atoms with Crippen LogP contribution in [0.3, 0.4) is 0 Å². The van der Waals surface area contributed by atoms with E-state index < -0.39 is 0 Å². The SMILES string of the molecule is C[C@H]1OC[C@@H](N)c2cc(F)ccc21.Cl. The summed E-state index contributed by atoms with van der Waals surface area (Å²) in [6.45, 7) is 2.42. The second-order valence-electron chi connectivity index (χ2n) is 3.36. The summed E-state index contributed by atoms with van der Waals surface area (Å²) in [5.41, 5.74) is 7.66. The minimum atomic E-state index is -0.233. The molecule has 1 aromatic rings. The summed E-state index contributed by atoms with van der Waals surface area (Å²) in [6.07, 6.45) is 0.0235. The number of ether oxygens (including phenoxy) is 1. The van der Waals surface area contributed by atoms with Crippen molar-refractivity contribution in [3.05, 3.63) is 35.1 Å². The van der Waals surface area contributed by atoms with E-state index in [-0.39, 0.29) is 30.4 Å². The quantitative estimate of drug-likeness (QED) is 0.724. The largest absolute Gasteiger partial charge is 0.372 e. The first-order valence-electron chi connectivity index (χ1n) is 4.35. The Morgan fingerprint density at radius 1 is 1.43 bits per heavy atom. The van der Waals surface area contributed by atoms with Crippen LogP contribution in [0.4, 0.5) is 4.39 Å². The van der Waals surface area contributed by atoms with E-state index >= 15 is 0 Å². The van der Waals surface area contributed by atoms with Crippen molar-refractivity contribution in [2.45, 2.75) is 19.1 Å². The Bertz CT molecular complexity index is 332. The summed E-state index contributed by atoms with van der Waals surface area (Å²) in [7, 11) is 0. The van der Waals surface area contributed by atoms with Crippen LogP contribution in [-0.4, -0.2) is 6.61 Å². The van der Waals surface area contributed by atoms with Gasteiger partial charge in [-0.2, -0.15) is 0 Å². The van der Waals surface area contributed by atoms with E-state index in [0.29, 0.717) is 6.61 Å². The van der Waals surface area contributed by atoms with Crippen LogP contribution in [0.2, 0.25) is 0 Å². The molecule has 78 valence electrons. The van der Waals surface area contributed by atoms with Gasteiger partial charge in [-0.25, -0.2) is 4.39 Å². The molecule has 0 aliphatic carbocycles. The maximum absolute atomic E-state index is 12.9. The topological polar surface area (TPSA) is 35.2 Å². The lowest BCUT2D eigenvalue weighted by Gasteiger charge is -2.27. The molecule has 14 heavy (non-hydrogen) atoms. The van der Waals surface area contributed by atoms with Gasteiger partial charge in [-0.05, 0) is 30.2 Å². The van der Waals surface area contributed by atoms with Crippen LogP contribution in [0.25, 0.3) is 0 Å². The van der Waals surface area contributed by atoms with E-state index in [2.05, 4.69) is 0 Å². The summed E-state index contributed by atoms with van der Waals surface area (Å²) >= 11 is 0. The molecule has 0 unspecified atom stereocenters. The van der Waals surface area contributed by atoms with E-state index in [9.17, 15) is 4.39 Å². The zero-order chi connectivity index (χ0) is 9.42. The fourth-order valence-electron chi connectivity index (χ4n) is 1.66. The predicted molar refractivity (Wildman–Crippen MR) is 54.9 cm³/mol.